The fourth-order valence-corrected chi connectivity index (χ4v) is 5.05. The summed E-state index contributed by atoms with van der Waals surface area (Å²) < 4.78 is 9.67. The fourth-order valence-electron chi connectivity index (χ4n) is 5.05. The van der Waals surface area contributed by atoms with Crippen LogP contribution in [0.2, 0.25) is 0 Å². The second kappa shape index (κ2) is 10.8. The van der Waals surface area contributed by atoms with Gasteiger partial charge in [0.05, 0.1) is 18.4 Å². The molecular formula is C30H36N6O2. The van der Waals surface area contributed by atoms with Crippen LogP contribution in [0.1, 0.15) is 47.3 Å². The molecule has 1 N–H and O–H groups in total. The van der Waals surface area contributed by atoms with Gasteiger partial charge in [-0.3, -0.25) is 14.2 Å². The van der Waals surface area contributed by atoms with Crippen molar-refractivity contribution in [3.05, 3.63) is 77.9 Å². The number of amides is 1. The highest BCUT2D eigenvalue weighted by Crippen LogP contribution is 2.31. The molecule has 1 saturated heterocycles. The molecule has 0 bridgehead atoms. The zero-order chi connectivity index (χ0) is 26.8. The quantitative estimate of drug-likeness (QED) is 0.368. The van der Waals surface area contributed by atoms with Crippen molar-refractivity contribution in [2.24, 2.45) is 14.1 Å². The summed E-state index contributed by atoms with van der Waals surface area (Å²) >= 11 is 0. The molecule has 5 rings (SSSR count). The molecule has 1 fully saturated rings. The van der Waals surface area contributed by atoms with Gasteiger partial charge < -0.3 is 15.0 Å². The molecule has 4 aromatic rings. The maximum atomic E-state index is 13.4. The molecule has 0 unspecified atom stereocenters. The average molecular weight is 513 g/mol. The lowest BCUT2D eigenvalue weighted by atomic mass is 9.96. The van der Waals surface area contributed by atoms with Crippen LogP contribution in [0.15, 0.2) is 61.2 Å². The van der Waals surface area contributed by atoms with Gasteiger partial charge in [0.25, 0.3) is 5.91 Å². The topological polar surface area (TPSA) is 77.2 Å². The summed E-state index contributed by atoms with van der Waals surface area (Å²) in [5.74, 6) is 0.610. The molecule has 2 atom stereocenters. The van der Waals surface area contributed by atoms with E-state index in [1.807, 2.05) is 70.9 Å². The first-order chi connectivity index (χ1) is 18.3. The Morgan fingerprint density at radius 2 is 1.66 bits per heavy atom. The summed E-state index contributed by atoms with van der Waals surface area (Å²) in [5.41, 5.74) is 6.68. The second-order valence-corrected chi connectivity index (χ2v) is 10.4. The molecule has 0 radical (unpaired) electrons. The van der Waals surface area contributed by atoms with E-state index in [0.717, 1.165) is 52.1 Å². The summed E-state index contributed by atoms with van der Waals surface area (Å²) in [6.45, 7) is 5.71. The van der Waals surface area contributed by atoms with Crippen molar-refractivity contribution in [1.29, 1.82) is 0 Å². The highest BCUT2D eigenvalue weighted by molar-refractivity contribution is 5.96. The molecule has 1 aliphatic heterocycles. The summed E-state index contributed by atoms with van der Waals surface area (Å²) in [4.78, 5) is 15.8. The number of hydrogen-bond donors (Lipinski definition) is 1. The number of carbonyl (C=O) groups excluding carboxylic acids is 1. The monoisotopic (exact) mass is 512 g/mol. The summed E-state index contributed by atoms with van der Waals surface area (Å²) in [7, 11) is 5.95. The smallest absolute Gasteiger partial charge is 0.252 e. The Morgan fingerprint density at radius 1 is 1.00 bits per heavy atom. The lowest BCUT2D eigenvalue weighted by molar-refractivity contribution is 0.0938. The number of aromatic nitrogens is 4. The van der Waals surface area contributed by atoms with Gasteiger partial charge >= 0.3 is 0 Å². The first-order valence-electron chi connectivity index (χ1n) is 13.1. The van der Waals surface area contributed by atoms with Gasteiger partial charge in [-0.2, -0.15) is 10.2 Å². The zero-order valence-corrected chi connectivity index (χ0v) is 22.8. The van der Waals surface area contributed by atoms with Crippen molar-refractivity contribution in [2.45, 2.75) is 38.8 Å². The van der Waals surface area contributed by atoms with Crippen LogP contribution in [0, 0.1) is 6.92 Å². The van der Waals surface area contributed by atoms with E-state index in [1.54, 1.807) is 9.36 Å². The van der Waals surface area contributed by atoms with Gasteiger partial charge in [-0.1, -0.05) is 6.07 Å². The molecule has 8 heteroatoms. The van der Waals surface area contributed by atoms with Crippen LogP contribution in [0.25, 0.3) is 22.3 Å². The lowest BCUT2D eigenvalue weighted by Gasteiger charge is -2.20. The average Bonchev–Trinajstić information content (AvgIpc) is 3.64. The van der Waals surface area contributed by atoms with Crippen LogP contribution in [0.3, 0.4) is 0 Å². The molecule has 2 aromatic carbocycles. The van der Waals surface area contributed by atoms with Crippen LogP contribution in [0.5, 0.6) is 5.75 Å². The van der Waals surface area contributed by atoms with Crippen LogP contribution in [0.4, 0.5) is 0 Å². The third-order valence-corrected chi connectivity index (χ3v) is 7.45. The second-order valence-electron chi connectivity index (χ2n) is 10.4. The maximum absolute atomic E-state index is 13.4. The van der Waals surface area contributed by atoms with Crippen molar-refractivity contribution in [1.82, 2.24) is 29.8 Å². The predicted octanol–water partition coefficient (Wildman–Crippen LogP) is 4.76. The van der Waals surface area contributed by atoms with E-state index in [-0.39, 0.29) is 11.9 Å². The highest BCUT2D eigenvalue weighted by atomic mass is 16.5. The van der Waals surface area contributed by atoms with Crippen LogP contribution in [-0.2, 0) is 14.1 Å². The third kappa shape index (κ3) is 5.65. The van der Waals surface area contributed by atoms with E-state index >= 15 is 0 Å². The van der Waals surface area contributed by atoms with Gasteiger partial charge in [0.1, 0.15) is 12.4 Å². The minimum absolute atomic E-state index is 0.117. The predicted molar refractivity (Wildman–Crippen MR) is 149 cm³/mol. The molecule has 38 heavy (non-hydrogen) atoms. The van der Waals surface area contributed by atoms with E-state index in [4.69, 9.17) is 4.74 Å². The zero-order valence-electron chi connectivity index (χ0n) is 22.8. The van der Waals surface area contributed by atoms with E-state index in [0.29, 0.717) is 18.2 Å². The molecule has 8 nitrogen and oxygen atoms in total. The Bertz CT molecular complexity index is 1380. The Kier molecular flexibility index (Phi) is 7.33. The van der Waals surface area contributed by atoms with Gasteiger partial charge in [0.2, 0.25) is 0 Å². The number of benzene rings is 2. The van der Waals surface area contributed by atoms with E-state index < -0.39 is 0 Å². The van der Waals surface area contributed by atoms with Crippen molar-refractivity contribution in [3.63, 3.8) is 0 Å². The minimum Gasteiger partial charge on any atom is -0.492 e. The Balaban J connectivity index is 1.37. The number of rotatable bonds is 8. The molecule has 0 spiro atoms. The van der Waals surface area contributed by atoms with Gasteiger partial charge in [-0.05, 0) is 92.9 Å². The third-order valence-electron chi connectivity index (χ3n) is 7.45. The number of carbonyl (C=O) groups is 1. The van der Waals surface area contributed by atoms with E-state index in [2.05, 4.69) is 45.7 Å². The summed E-state index contributed by atoms with van der Waals surface area (Å²) in [6.07, 6.45) is 10.0. The number of hydrogen-bond acceptors (Lipinski definition) is 5. The highest BCUT2D eigenvalue weighted by Gasteiger charge is 2.22. The van der Waals surface area contributed by atoms with Gasteiger partial charge in [-0.25, -0.2) is 0 Å². The molecule has 1 aliphatic rings. The number of ether oxygens (including phenoxy) is 1. The molecule has 1 amide bonds. The number of likely N-dealkylation sites (N-methyl/N-ethyl adjacent to an activating group) is 1. The normalized spacial score (nSPS) is 16.5. The Hall–Kier alpha value is -3.91. The van der Waals surface area contributed by atoms with Gasteiger partial charge in [0, 0.05) is 49.2 Å². The van der Waals surface area contributed by atoms with Gasteiger partial charge in [0.15, 0.2) is 0 Å². The minimum atomic E-state index is -0.217. The van der Waals surface area contributed by atoms with Crippen molar-refractivity contribution < 1.29 is 9.53 Å². The Labute approximate surface area is 224 Å². The first kappa shape index (κ1) is 25.7. The van der Waals surface area contributed by atoms with Gasteiger partial charge in [-0.15, -0.1) is 0 Å². The number of nitrogens with zero attached hydrogens (tertiary/aromatic N) is 5. The molecule has 0 saturated carbocycles. The molecule has 2 aromatic heterocycles. The molecule has 0 aliphatic carbocycles. The van der Waals surface area contributed by atoms with Crippen molar-refractivity contribution >= 4 is 5.91 Å². The summed E-state index contributed by atoms with van der Waals surface area (Å²) in [5, 5.41) is 11.9. The van der Waals surface area contributed by atoms with Crippen molar-refractivity contribution in [3.8, 4) is 28.0 Å². The number of aryl methyl sites for hydroxylation is 3. The molecule has 198 valence electrons. The van der Waals surface area contributed by atoms with E-state index in [1.165, 1.54) is 6.42 Å². The summed E-state index contributed by atoms with van der Waals surface area (Å²) in [6, 6.07) is 12.3. The standard InChI is InChI=1S/C30H36N6O2/c1-20-8-9-28(38-19-27-7-6-10-34(27)3)14-29(20)30(37)33-21(2)22-11-23(25-15-31-35(4)17-25)13-24(12-22)26-16-32-36(5)18-26/h8-9,11-18,21,27H,6-7,10,19H2,1-5H3,(H,33,37)/t21-,27+/m1/s1. The lowest BCUT2D eigenvalue weighted by Crippen LogP contribution is -2.30. The number of nitrogens with one attached hydrogen (secondary N) is 1. The van der Waals surface area contributed by atoms with Crippen LogP contribution >= 0.6 is 0 Å². The molecule has 3 heterocycles. The molecular weight excluding hydrogens is 476 g/mol. The van der Waals surface area contributed by atoms with Crippen LogP contribution < -0.4 is 10.1 Å². The van der Waals surface area contributed by atoms with Crippen LogP contribution in [-0.4, -0.2) is 56.6 Å². The fraction of sp³-hybridized carbons (Fsp3) is 0.367. The van der Waals surface area contributed by atoms with E-state index in [9.17, 15) is 4.79 Å². The maximum Gasteiger partial charge on any atom is 0.252 e. The van der Waals surface area contributed by atoms with Crippen molar-refractivity contribution in [2.75, 3.05) is 20.2 Å². The Morgan fingerprint density at radius 3 is 2.21 bits per heavy atom. The first-order valence-corrected chi connectivity index (χ1v) is 13.1. The number of likely N-dealkylation sites (tertiary alicyclic amines) is 1. The largest absolute Gasteiger partial charge is 0.492 e. The SMILES string of the molecule is Cc1ccc(OC[C@@H]2CCCN2C)cc1C(=O)N[C@H](C)c1cc(-c2cnn(C)c2)cc(-c2cnn(C)c2)c1.